The quantitative estimate of drug-likeness (QED) is 0.748. The molecule has 6 nitrogen and oxygen atoms in total. The molecule has 124 valence electrons. The summed E-state index contributed by atoms with van der Waals surface area (Å²) in [5.41, 5.74) is 1.79. The van der Waals surface area contributed by atoms with E-state index in [1.165, 1.54) is 37.0 Å². The van der Waals surface area contributed by atoms with Gasteiger partial charge < -0.3 is 10.6 Å². The monoisotopic (exact) mass is 341 g/mol. The predicted octanol–water partition coefficient (Wildman–Crippen LogP) is 3.08. The number of carbonyl (C=O) groups excluding carboxylic acids is 1. The molecule has 4 rings (SSSR count). The second-order valence-electron chi connectivity index (χ2n) is 6.03. The normalized spacial score (nSPS) is 15.2. The van der Waals surface area contributed by atoms with Gasteiger partial charge in [0.2, 0.25) is 0 Å². The molecule has 1 aliphatic carbocycles. The fraction of sp³-hybridized carbons (Fsp3) is 0.353. The van der Waals surface area contributed by atoms with Crippen molar-refractivity contribution in [2.24, 2.45) is 0 Å². The SMILES string of the molecule is O=C(Nc1ccc2ncc(CNC3CCCC3)n2n1)c1cccs1. The Hall–Kier alpha value is -2.25. The molecule has 0 aliphatic heterocycles. The number of nitrogens with zero attached hydrogens (tertiary/aromatic N) is 3. The molecule has 0 bridgehead atoms. The third-order valence-electron chi connectivity index (χ3n) is 4.35. The highest BCUT2D eigenvalue weighted by Gasteiger charge is 2.15. The zero-order chi connectivity index (χ0) is 16.4. The minimum atomic E-state index is -0.136. The number of hydrogen-bond donors (Lipinski definition) is 2. The molecule has 0 aromatic carbocycles. The summed E-state index contributed by atoms with van der Waals surface area (Å²) in [5, 5.41) is 12.8. The average Bonchev–Trinajstić information content (AvgIpc) is 3.34. The van der Waals surface area contributed by atoms with Crippen LogP contribution in [0.3, 0.4) is 0 Å². The highest BCUT2D eigenvalue weighted by atomic mass is 32.1. The fourth-order valence-electron chi connectivity index (χ4n) is 3.07. The first-order chi connectivity index (χ1) is 11.8. The molecule has 0 atom stereocenters. The maximum absolute atomic E-state index is 12.2. The molecule has 1 fully saturated rings. The fourth-order valence-corrected chi connectivity index (χ4v) is 3.69. The molecule has 3 aromatic rings. The standard InChI is InChI=1S/C17H19N5OS/c23-17(14-6-3-9-24-14)20-15-7-8-16-19-11-13(22(16)21-15)10-18-12-4-1-2-5-12/h3,6-9,11-12,18H,1-2,4-5,10H2,(H,20,21,23). The van der Waals surface area contributed by atoms with Gasteiger partial charge in [-0.05, 0) is 36.4 Å². The first-order valence-corrected chi connectivity index (χ1v) is 9.09. The first kappa shape index (κ1) is 15.3. The average molecular weight is 341 g/mol. The number of nitrogens with one attached hydrogen (secondary N) is 2. The minimum absolute atomic E-state index is 0.136. The van der Waals surface area contributed by atoms with Gasteiger partial charge in [-0.25, -0.2) is 9.50 Å². The Kier molecular flexibility index (Phi) is 4.27. The minimum Gasteiger partial charge on any atom is -0.308 e. The largest absolute Gasteiger partial charge is 0.308 e. The molecule has 3 aromatic heterocycles. The molecule has 0 saturated heterocycles. The van der Waals surface area contributed by atoms with Crippen molar-refractivity contribution in [1.82, 2.24) is 19.9 Å². The lowest BCUT2D eigenvalue weighted by atomic mass is 10.2. The van der Waals surface area contributed by atoms with E-state index >= 15 is 0 Å². The molecule has 1 amide bonds. The molecule has 24 heavy (non-hydrogen) atoms. The molecule has 0 spiro atoms. The van der Waals surface area contributed by atoms with E-state index in [1.54, 1.807) is 16.6 Å². The lowest BCUT2D eigenvalue weighted by Crippen LogP contribution is -2.26. The van der Waals surface area contributed by atoms with Crippen LogP contribution in [-0.2, 0) is 6.54 Å². The summed E-state index contributed by atoms with van der Waals surface area (Å²) in [5.74, 6) is 0.392. The summed E-state index contributed by atoms with van der Waals surface area (Å²) < 4.78 is 1.80. The van der Waals surface area contributed by atoms with Crippen molar-refractivity contribution in [1.29, 1.82) is 0 Å². The number of aromatic nitrogens is 3. The number of carbonyl (C=O) groups is 1. The van der Waals surface area contributed by atoms with Crippen LogP contribution in [0.2, 0.25) is 0 Å². The van der Waals surface area contributed by atoms with Crippen LogP contribution in [0.25, 0.3) is 5.65 Å². The topological polar surface area (TPSA) is 71.3 Å². The molecule has 1 saturated carbocycles. The second kappa shape index (κ2) is 6.70. The highest BCUT2D eigenvalue weighted by Crippen LogP contribution is 2.18. The Morgan fingerprint density at radius 3 is 2.96 bits per heavy atom. The molecule has 0 radical (unpaired) electrons. The van der Waals surface area contributed by atoms with Gasteiger partial charge in [-0.3, -0.25) is 4.79 Å². The number of thiophene rings is 1. The van der Waals surface area contributed by atoms with Crippen LogP contribution in [0.15, 0.2) is 35.8 Å². The van der Waals surface area contributed by atoms with Crippen LogP contribution in [0.5, 0.6) is 0 Å². The van der Waals surface area contributed by atoms with Gasteiger partial charge in [0.05, 0.1) is 16.8 Å². The van der Waals surface area contributed by atoms with Crippen LogP contribution in [0.4, 0.5) is 5.82 Å². The summed E-state index contributed by atoms with van der Waals surface area (Å²) >= 11 is 1.41. The Morgan fingerprint density at radius 2 is 2.17 bits per heavy atom. The number of imidazole rings is 1. The predicted molar refractivity (Wildman–Crippen MR) is 94.4 cm³/mol. The lowest BCUT2D eigenvalue weighted by molar-refractivity contribution is 0.103. The maximum atomic E-state index is 12.2. The van der Waals surface area contributed by atoms with Crippen molar-refractivity contribution in [3.8, 4) is 0 Å². The number of amides is 1. The van der Waals surface area contributed by atoms with Gasteiger partial charge in [0, 0.05) is 12.6 Å². The zero-order valence-corrected chi connectivity index (χ0v) is 14.1. The van der Waals surface area contributed by atoms with E-state index in [2.05, 4.69) is 20.7 Å². The number of anilines is 1. The van der Waals surface area contributed by atoms with Crippen molar-refractivity contribution in [2.75, 3.05) is 5.32 Å². The zero-order valence-electron chi connectivity index (χ0n) is 13.2. The Balaban J connectivity index is 1.50. The Bertz CT molecular complexity index is 836. The van der Waals surface area contributed by atoms with Crippen molar-refractivity contribution in [3.05, 3.63) is 46.4 Å². The summed E-state index contributed by atoms with van der Waals surface area (Å²) in [6.45, 7) is 0.737. The van der Waals surface area contributed by atoms with Crippen LogP contribution in [0, 0.1) is 0 Å². The van der Waals surface area contributed by atoms with Gasteiger partial charge in [-0.1, -0.05) is 18.9 Å². The lowest BCUT2D eigenvalue weighted by Gasteiger charge is -2.11. The molecule has 1 aliphatic rings. The third kappa shape index (κ3) is 3.18. The van der Waals surface area contributed by atoms with Crippen molar-refractivity contribution < 1.29 is 4.79 Å². The van der Waals surface area contributed by atoms with Crippen molar-refractivity contribution >= 4 is 28.7 Å². The molecule has 7 heteroatoms. The molecule has 2 N–H and O–H groups in total. The number of hydrogen-bond acceptors (Lipinski definition) is 5. The molecule has 3 heterocycles. The van der Waals surface area contributed by atoms with Gasteiger partial charge in [0.25, 0.3) is 5.91 Å². The summed E-state index contributed by atoms with van der Waals surface area (Å²) in [7, 11) is 0. The van der Waals surface area contributed by atoms with Gasteiger partial charge in [-0.15, -0.1) is 16.4 Å². The van der Waals surface area contributed by atoms with E-state index in [1.807, 2.05) is 23.7 Å². The highest BCUT2D eigenvalue weighted by molar-refractivity contribution is 7.12. The van der Waals surface area contributed by atoms with Gasteiger partial charge in [0.1, 0.15) is 0 Å². The van der Waals surface area contributed by atoms with Gasteiger partial charge >= 0.3 is 0 Å². The summed E-state index contributed by atoms with van der Waals surface area (Å²) in [4.78, 5) is 17.2. The molecular formula is C17H19N5OS. The van der Waals surface area contributed by atoms with E-state index in [0.717, 1.165) is 17.9 Å². The summed E-state index contributed by atoms with van der Waals surface area (Å²) in [6, 6.07) is 7.90. The van der Waals surface area contributed by atoms with Crippen LogP contribution < -0.4 is 10.6 Å². The van der Waals surface area contributed by atoms with Crippen LogP contribution in [-0.4, -0.2) is 26.5 Å². The smallest absolute Gasteiger partial charge is 0.266 e. The molecule has 0 unspecified atom stereocenters. The van der Waals surface area contributed by atoms with Gasteiger partial charge in [0.15, 0.2) is 11.5 Å². The Labute approximate surface area is 143 Å². The third-order valence-corrected chi connectivity index (χ3v) is 5.22. The summed E-state index contributed by atoms with van der Waals surface area (Å²) in [6.07, 6.45) is 6.94. The molecular weight excluding hydrogens is 322 g/mol. The second-order valence-corrected chi connectivity index (χ2v) is 6.98. The van der Waals surface area contributed by atoms with E-state index in [-0.39, 0.29) is 5.91 Å². The Morgan fingerprint density at radius 1 is 1.29 bits per heavy atom. The van der Waals surface area contributed by atoms with Crippen LogP contribution in [0.1, 0.15) is 41.0 Å². The van der Waals surface area contributed by atoms with E-state index in [0.29, 0.717) is 16.7 Å². The number of fused-ring (bicyclic) bond motifs is 1. The van der Waals surface area contributed by atoms with Crippen LogP contribution >= 0.6 is 11.3 Å². The number of rotatable bonds is 5. The van der Waals surface area contributed by atoms with E-state index < -0.39 is 0 Å². The maximum Gasteiger partial charge on any atom is 0.266 e. The van der Waals surface area contributed by atoms with Crippen molar-refractivity contribution in [3.63, 3.8) is 0 Å². The van der Waals surface area contributed by atoms with E-state index in [9.17, 15) is 4.79 Å². The van der Waals surface area contributed by atoms with E-state index in [4.69, 9.17) is 0 Å². The van der Waals surface area contributed by atoms with Gasteiger partial charge in [-0.2, -0.15) is 0 Å². The van der Waals surface area contributed by atoms with Crippen molar-refractivity contribution in [2.45, 2.75) is 38.3 Å². The first-order valence-electron chi connectivity index (χ1n) is 8.21.